The van der Waals surface area contributed by atoms with Crippen molar-refractivity contribution >= 4 is 24.7 Å². The second kappa shape index (κ2) is 7.67. The van der Waals surface area contributed by atoms with Crippen LogP contribution in [0, 0.1) is 0 Å². The number of carbonyl (C=O) groups is 2. The molecule has 0 aliphatic heterocycles. The van der Waals surface area contributed by atoms with Gasteiger partial charge in [-0.25, -0.2) is 0 Å². The summed E-state index contributed by atoms with van der Waals surface area (Å²) in [6.45, 7) is 9.76. The van der Waals surface area contributed by atoms with E-state index in [-0.39, 0.29) is 11.6 Å². The van der Waals surface area contributed by atoms with E-state index in [4.69, 9.17) is 0 Å². The van der Waals surface area contributed by atoms with E-state index in [0.29, 0.717) is 32.1 Å². The van der Waals surface area contributed by atoms with Gasteiger partial charge >= 0.3 is 0 Å². The van der Waals surface area contributed by atoms with Gasteiger partial charge in [0.1, 0.15) is 11.6 Å². The van der Waals surface area contributed by atoms with Crippen LogP contribution in [-0.2, 0) is 16.0 Å². The summed E-state index contributed by atoms with van der Waals surface area (Å²) in [5.74, 6) is 0.424. The highest BCUT2D eigenvalue weighted by Gasteiger charge is 2.06. The molecule has 19 heavy (non-hydrogen) atoms. The van der Waals surface area contributed by atoms with E-state index in [1.54, 1.807) is 0 Å². The maximum Gasteiger partial charge on any atom is 0.137 e. The summed E-state index contributed by atoms with van der Waals surface area (Å²) in [4.78, 5) is 23.2. The number of Topliss-reactive ketones (excluding diaryl/α,β-unsaturated/α-hetero) is 2. The second-order valence-corrected chi connectivity index (χ2v) is 4.96. The van der Waals surface area contributed by atoms with E-state index >= 15 is 0 Å². The van der Waals surface area contributed by atoms with E-state index < -0.39 is 0 Å². The monoisotopic (exact) mass is 258 g/mol. The van der Waals surface area contributed by atoms with Crippen LogP contribution in [0.3, 0.4) is 0 Å². The predicted molar refractivity (Wildman–Crippen MR) is 79.2 cm³/mol. The zero-order valence-electron chi connectivity index (χ0n) is 11.7. The van der Waals surface area contributed by atoms with Crippen molar-refractivity contribution in [1.82, 2.24) is 0 Å². The first-order chi connectivity index (χ1) is 9.02. The van der Waals surface area contributed by atoms with Crippen LogP contribution in [0.4, 0.5) is 0 Å². The van der Waals surface area contributed by atoms with E-state index in [0.717, 1.165) is 22.4 Å². The molecule has 0 aliphatic carbocycles. The van der Waals surface area contributed by atoms with Crippen LogP contribution < -0.4 is 10.4 Å². The van der Waals surface area contributed by atoms with Crippen LogP contribution >= 0.6 is 0 Å². The Labute approximate surface area is 114 Å². The van der Waals surface area contributed by atoms with E-state index in [1.807, 2.05) is 25.1 Å². The van der Waals surface area contributed by atoms with Crippen molar-refractivity contribution in [2.24, 2.45) is 0 Å². The zero-order valence-corrected chi connectivity index (χ0v) is 11.7. The second-order valence-electron chi connectivity index (χ2n) is 4.96. The molecule has 0 bridgehead atoms. The summed E-state index contributed by atoms with van der Waals surface area (Å²) in [5, 5.41) is 1.77. The molecule has 0 saturated heterocycles. The molecule has 2 heteroatoms. The van der Waals surface area contributed by atoms with E-state index in [1.165, 1.54) is 0 Å². The normalized spacial score (nSPS) is 10.4. The smallest absolute Gasteiger partial charge is 0.137 e. The Hall–Kier alpha value is -1.70. The maximum absolute atomic E-state index is 11.9. The van der Waals surface area contributed by atoms with Crippen LogP contribution in [0.15, 0.2) is 18.2 Å². The largest absolute Gasteiger partial charge is 0.300 e. The zero-order chi connectivity index (χ0) is 14.3. The molecule has 0 aliphatic rings. The fraction of sp³-hybridized carbons (Fsp3) is 0.412. The third-order valence-electron chi connectivity index (χ3n) is 3.10. The first kappa shape index (κ1) is 15.4. The minimum absolute atomic E-state index is 0.166. The average Bonchev–Trinajstić information content (AvgIpc) is 2.34. The van der Waals surface area contributed by atoms with Gasteiger partial charge in [-0.1, -0.05) is 38.3 Å². The molecule has 0 radical (unpaired) electrons. The van der Waals surface area contributed by atoms with Gasteiger partial charge in [-0.3, -0.25) is 9.59 Å². The van der Waals surface area contributed by atoms with Gasteiger partial charge < -0.3 is 0 Å². The highest BCUT2D eigenvalue weighted by atomic mass is 16.1. The molecule has 2 nitrogen and oxygen atoms in total. The highest BCUT2D eigenvalue weighted by Crippen LogP contribution is 2.04. The number of carbonyl (C=O) groups excluding carboxylic acids is 2. The highest BCUT2D eigenvalue weighted by molar-refractivity contribution is 5.82. The minimum atomic E-state index is 0.166. The number of hydrogen-bond acceptors (Lipinski definition) is 2. The summed E-state index contributed by atoms with van der Waals surface area (Å²) < 4.78 is 0. The van der Waals surface area contributed by atoms with Gasteiger partial charge in [0.25, 0.3) is 0 Å². The quantitative estimate of drug-likeness (QED) is 0.716. The standard InChI is InChI=1S/C17H22O2/c1-4-6-16(18)7-5-8-17(19)12-15-11-13(2)9-10-14(15)3/h9-11H,2-8,12H2,1H3. The average molecular weight is 258 g/mol. The Bertz CT molecular complexity index is 543. The van der Waals surface area contributed by atoms with Crippen molar-refractivity contribution in [2.75, 3.05) is 0 Å². The molecule has 0 amide bonds. The summed E-state index contributed by atoms with van der Waals surface area (Å²) in [5.41, 5.74) is 0.942. The Morgan fingerprint density at radius 2 is 1.74 bits per heavy atom. The SMILES string of the molecule is C=c1ccc(=C)c(CC(=O)CCCC(=O)CCC)c1. The number of hydrogen-bond donors (Lipinski definition) is 0. The van der Waals surface area contributed by atoms with Gasteiger partial charge in [0.05, 0.1) is 0 Å². The topological polar surface area (TPSA) is 34.1 Å². The van der Waals surface area contributed by atoms with Crippen molar-refractivity contribution in [3.05, 3.63) is 34.2 Å². The van der Waals surface area contributed by atoms with Gasteiger partial charge in [0, 0.05) is 25.7 Å². The Kier molecular flexibility index (Phi) is 6.20. The molecule has 0 spiro atoms. The fourth-order valence-corrected chi connectivity index (χ4v) is 2.03. The van der Waals surface area contributed by atoms with Crippen molar-refractivity contribution in [2.45, 2.75) is 45.4 Å². The molecule has 0 atom stereocenters. The van der Waals surface area contributed by atoms with Crippen molar-refractivity contribution in [3.8, 4) is 0 Å². The van der Waals surface area contributed by atoms with Gasteiger partial charge in [0.2, 0.25) is 0 Å². The fourth-order valence-electron chi connectivity index (χ4n) is 2.03. The first-order valence-electron chi connectivity index (χ1n) is 6.83. The summed E-state index contributed by atoms with van der Waals surface area (Å²) in [7, 11) is 0. The molecule has 102 valence electrons. The lowest BCUT2D eigenvalue weighted by Crippen LogP contribution is -2.16. The summed E-state index contributed by atoms with van der Waals surface area (Å²) in [6.07, 6.45) is 3.55. The molecule has 0 aromatic heterocycles. The molecular formula is C17H22O2. The van der Waals surface area contributed by atoms with E-state index in [2.05, 4.69) is 13.2 Å². The molecular weight excluding hydrogens is 236 g/mol. The van der Waals surface area contributed by atoms with Crippen molar-refractivity contribution in [3.63, 3.8) is 0 Å². The first-order valence-corrected chi connectivity index (χ1v) is 6.83. The molecule has 0 unspecified atom stereocenters. The van der Waals surface area contributed by atoms with Crippen LogP contribution in [0.25, 0.3) is 13.2 Å². The lowest BCUT2D eigenvalue weighted by Gasteiger charge is -2.02. The van der Waals surface area contributed by atoms with Crippen LogP contribution in [0.1, 0.15) is 44.6 Å². The predicted octanol–water partition coefficient (Wildman–Crippen LogP) is 2.16. The van der Waals surface area contributed by atoms with Crippen molar-refractivity contribution < 1.29 is 9.59 Å². The summed E-state index contributed by atoms with van der Waals surface area (Å²) >= 11 is 0. The lowest BCUT2D eigenvalue weighted by atomic mass is 10.0. The number of benzene rings is 1. The molecule has 1 rings (SSSR count). The van der Waals surface area contributed by atoms with Gasteiger partial charge in [-0.05, 0) is 28.8 Å². The maximum atomic E-state index is 11.9. The van der Waals surface area contributed by atoms with Crippen LogP contribution in [-0.4, -0.2) is 11.6 Å². The Morgan fingerprint density at radius 3 is 2.42 bits per heavy atom. The third-order valence-corrected chi connectivity index (χ3v) is 3.10. The molecule has 0 heterocycles. The molecule has 1 aromatic carbocycles. The molecule has 0 N–H and O–H groups in total. The van der Waals surface area contributed by atoms with Gasteiger partial charge in [0.15, 0.2) is 0 Å². The summed E-state index contributed by atoms with van der Waals surface area (Å²) in [6, 6.07) is 5.68. The van der Waals surface area contributed by atoms with Crippen molar-refractivity contribution in [1.29, 1.82) is 0 Å². The molecule has 0 saturated carbocycles. The minimum Gasteiger partial charge on any atom is -0.300 e. The van der Waals surface area contributed by atoms with Gasteiger partial charge in [-0.15, -0.1) is 0 Å². The third kappa shape index (κ3) is 5.64. The lowest BCUT2D eigenvalue weighted by molar-refractivity contribution is -0.120. The van der Waals surface area contributed by atoms with E-state index in [9.17, 15) is 9.59 Å². The molecule has 1 aromatic rings. The Morgan fingerprint density at radius 1 is 1.05 bits per heavy atom. The molecule has 0 fully saturated rings. The number of ketones is 2. The Balaban J connectivity index is 2.43. The van der Waals surface area contributed by atoms with Crippen LogP contribution in [0.5, 0.6) is 0 Å². The van der Waals surface area contributed by atoms with Crippen LogP contribution in [0.2, 0.25) is 0 Å². The van der Waals surface area contributed by atoms with Gasteiger partial charge in [-0.2, -0.15) is 0 Å². The number of rotatable bonds is 8.